The molecule has 0 spiro atoms. The number of carbonyl (C=O) groups is 2. The molecule has 2 aromatic rings. The lowest BCUT2D eigenvalue weighted by molar-refractivity contribution is -0.117. The van der Waals surface area contributed by atoms with Crippen LogP contribution in [0.3, 0.4) is 0 Å². The van der Waals surface area contributed by atoms with Crippen LogP contribution in [0.25, 0.3) is 0 Å². The molecule has 0 bridgehead atoms. The third kappa shape index (κ3) is 3.62. The van der Waals surface area contributed by atoms with Gasteiger partial charge >= 0.3 is 0 Å². The lowest BCUT2D eigenvalue weighted by atomic mass is 10.0. The van der Waals surface area contributed by atoms with Gasteiger partial charge in [0.2, 0.25) is 5.91 Å². The van der Waals surface area contributed by atoms with Gasteiger partial charge in [0, 0.05) is 12.2 Å². The molecule has 5 heteroatoms. The molecular weight excluding hydrogens is 292 g/mol. The molecule has 1 N–H and O–H groups in total. The zero-order chi connectivity index (χ0) is 16.1. The van der Waals surface area contributed by atoms with E-state index in [1.54, 1.807) is 17.0 Å². The van der Waals surface area contributed by atoms with Gasteiger partial charge in [-0.1, -0.05) is 24.6 Å². The van der Waals surface area contributed by atoms with Crippen LogP contribution in [0, 0.1) is 0 Å². The van der Waals surface area contributed by atoms with Gasteiger partial charge in [-0.25, -0.2) is 0 Å². The topological polar surface area (TPSA) is 62.6 Å². The molecule has 1 aromatic carbocycles. The Morgan fingerprint density at radius 1 is 1.09 bits per heavy atom. The van der Waals surface area contributed by atoms with Crippen molar-refractivity contribution in [2.45, 2.75) is 25.7 Å². The van der Waals surface area contributed by atoms with Crippen molar-refractivity contribution < 1.29 is 14.0 Å². The van der Waals surface area contributed by atoms with E-state index in [9.17, 15) is 9.59 Å². The summed E-state index contributed by atoms with van der Waals surface area (Å²) < 4.78 is 5.03. The van der Waals surface area contributed by atoms with Gasteiger partial charge in [0.05, 0.1) is 12.8 Å². The third-order valence-corrected chi connectivity index (χ3v) is 4.06. The molecule has 0 unspecified atom stereocenters. The number of para-hydroxylation sites is 1. The molecule has 0 saturated heterocycles. The standard InChI is InChI=1S/C18H20N2O3/c21-17(13-19-18(22)16-10-6-12-23-16)20-11-5-1-2-7-14-8-3-4-9-15(14)20/h3-4,6,8-10,12H,1-2,5,7,11,13H2,(H,19,22). The van der Waals surface area contributed by atoms with E-state index >= 15 is 0 Å². The van der Waals surface area contributed by atoms with Crippen LogP contribution in [0.15, 0.2) is 47.1 Å². The summed E-state index contributed by atoms with van der Waals surface area (Å²) in [7, 11) is 0. The largest absolute Gasteiger partial charge is 0.459 e. The second kappa shape index (κ2) is 7.13. The van der Waals surface area contributed by atoms with Crippen LogP contribution in [0.2, 0.25) is 0 Å². The molecule has 0 aliphatic carbocycles. The number of hydrogen-bond acceptors (Lipinski definition) is 3. The summed E-state index contributed by atoms with van der Waals surface area (Å²) in [5, 5.41) is 2.63. The Morgan fingerprint density at radius 2 is 1.96 bits per heavy atom. The lowest BCUT2D eigenvalue weighted by Gasteiger charge is -2.27. The molecule has 120 valence electrons. The summed E-state index contributed by atoms with van der Waals surface area (Å²) in [6.07, 6.45) is 5.65. The van der Waals surface area contributed by atoms with Crippen molar-refractivity contribution in [1.29, 1.82) is 0 Å². The highest BCUT2D eigenvalue weighted by atomic mass is 16.3. The summed E-state index contributed by atoms with van der Waals surface area (Å²) in [6.45, 7) is 0.653. The average molecular weight is 312 g/mol. The van der Waals surface area contributed by atoms with Crippen LogP contribution in [-0.4, -0.2) is 24.9 Å². The smallest absolute Gasteiger partial charge is 0.287 e. The number of nitrogens with zero attached hydrogens (tertiary/aromatic N) is 1. The summed E-state index contributed by atoms with van der Waals surface area (Å²) >= 11 is 0. The fraction of sp³-hybridized carbons (Fsp3) is 0.333. The number of fused-ring (bicyclic) bond motifs is 1. The Morgan fingerprint density at radius 3 is 2.78 bits per heavy atom. The highest BCUT2D eigenvalue weighted by Gasteiger charge is 2.20. The van der Waals surface area contributed by atoms with Crippen molar-refractivity contribution in [3.8, 4) is 0 Å². The van der Waals surface area contributed by atoms with Crippen molar-refractivity contribution in [2.24, 2.45) is 0 Å². The molecule has 0 saturated carbocycles. The summed E-state index contributed by atoms with van der Waals surface area (Å²) in [4.78, 5) is 26.3. The van der Waals surface area contributed by atoms with E-state index in [-0.39, 0.29) is 24.1 Å². The number of carbonyl (C=O) groups excluding carboxylic acids is 2. The number of benzene rings is 1. The average Bonchev–Trinajstić information content (AvgIpc) is 3.08. The number of furan rings is 1. The molecule has 3 rings (SSSR count). The van der Waals surface area contributed by atoms with Gasteiger partial charge in [-0.2, -0.15) is 0 Å². The Hall–Kier alpha value is -2.56. The van der Waals surface area contributed by atoms with E-state index in [0.29, 0.717) is 6.54 Å². The van der Waals surface area contributed by atoms with E-state index in [0.717, 1.165) is 31.4 Å². The maximum absolute atomic E-state index is 12.6. The maximum atomic E-state index is 12.6. The van der Waals surface area contributed by atoms with Gasteiger partial charge in [0.25, 0.3) is 5.91 Å². The van der Waals surface area contributed by atoms with E-state index in [1.165, 1.54) is 11.8 Å². The molecule has 1 aromatic heterocycles. The van der Waals surface area contributed by atoms with Crippen molar-refractivity contribution in [3.63, 3.8) is 0 Å². The SMILES string of the molecule is O=C(NCC(=O)N1CCCCCc2ccccc21)c1ccco1. The van der Waals surface area contributed by atoms with Gasteiger partial charge < -0.3 is 14.6 Å². The number of anilines is 1. The second-order valence-corrected chi connectivity index (χ2v) is 5.64. The molecule has 1 aliphatic rings. The fourth-order valence-electron chi connectivity index (χ4n) is 2.87. The lowest BCUT2D eigenvalue weighted by Crippen LogP contribution is -2.41. The normalized spacial score (nSPS) is 14.5. The number of nitrogens with one attached hydrogen (secondary N) is 1. The first-order valence-corrected chi connectivity index (χ1v) is 7.95. The van der Waals surface area contributed by atoms with Crippen molar-refractivity contribution in [2.75, 3.05) is 18.0 Å². The number of amides is 2. The zero-order valence-electron chi connectivity index (χ0n) is 13.0. The molecule has 2 amide bonds. The van der Waals surface area contributed by atoms with Crippen LogP contribution < -0.4 is 10.2 Å². The Bertz CT molecular complexity index is 679. The predicted molar refractivity (Wildman–Crippen MR) is 87.4 cm³/mol. The van der Waals surface area contributed by atoms with Crippen LogP contribution in [0.1, 0.15) is 35.4 Å². The number of aryl methyl sites for hydroxylation is 1. The molecule has 1 aliphatic heterocycles. The summed E-state index contributed by atoms with van der Waals surface area (Å²) in [5.41, 5.74) is 2.15. The van der Waals surface area contributed by atoms with Crippen molar-refractivity contribution >= 4 is 17.5 Å². The van der Waals surface area contributed by atoms with E-state index in [2.05, 4.69) is 11.4 Å². The maximum Gasteiger partial charge on any atom is 0.287 e. The highest BCUT2D eigenvalue weighted by Crippen LogP contribution is 2.25. The first kappa shape index (κ1) is 15.3. The first-order chi connectivity index (χ1) is 11.3. The molecule has 0 fully saturated rings. The zero-order valence-corrected chi connectivity index (χ0v) is 13.0. The van der Waals surface area contributed by atoms with Crippen LogP contribution in [0.5, 0.6) is 0 Å². The highest BCUT2D eigenvalue weighted by molar-refractivity contribution is 5.99. The van der Waals surface area contributed by atoms with Crippen molar-refractivity contribution in [1.82, 2.24) is 5.32 Å². The molecule has 0 radical (unpaired) electrons. The Balaban J connectivity index is 1.70. The minimum atomic E-state index is -0.372. The number of rotatable bonds is 3. The minimum absolute atomic E-state index is 0.0339. The molecule has 0 atom stereocenters. The van der Waals surface area contributed by atoms with Gasteiger partial charge in [-0.05, 0) is 43.0 Å². The molecule has 5 nitrogen and oxygen atoms in total. The Labute approximate surface area is 135 Å². The third-order valence-electron chi connectivity index (χ3n) is 4.06. The monoisotopic (exact) mass is 312 g/mol. The first-order valence-electron chi connectivity index (χ1n) is 7.95. The quantitative estimate of drug-likeness (QED) is 0.948. The summed E-state index contributed by atoms with van der Waals surface area (Å²) in [5.74, 6) is -0.256. The van der Waals surface area contributed by atoms with E-state index in [4.69, 9.17) is 4.42 Å². The predicted octanol–water partition coefficient (Wildman–Crippen LogP) is 2.77. The van der Waals surface area contributed by atoms with E-state index in [1.807, 2.05) is 18.2 Å². The molecular formula is C18H20N2O3. The second-order valence-electron chi connectivity index (χ2n) is 5.64. The minimum Gasteiger partial charge on any atom is -0.459 e. The van der Waals surface area contributed by atoms with Crippen molar-refractivity contribution in [3.05, 3.63) is 54.0 Å². The van der Waals surface area contributed by atoms with Gasteiger partial charge in [-0.3, -0.25) is 9.59 Å². The molecule has 2 heterocycles. The van der Waals surface area contributed by atoms with E-state index < -0.39 is 0 Å². The van der Waals surface area contributed by atoms with Crippen LogP contribution in [0.4, 0.5) is 5.69 Å². The van der Waals surface area contributed by atoms with Crippen LogP contribution in [-0.2, 0) is 11.2 Å². The van der Waals surface area contributed by atoms with Crippen LogP contribution >= 0.6 is 0 Å². The number of hydrogen-bond donors (Lipinski definition) is 1. The van der Waals surface area contributed by atoms with Gasteiger partial charge in [0.15, 0.2) is 5.76 Å². The fourth-order valence-corrected chi connectivity index (χ4v) is 2.87. The summed E-state index contributed by atoms with van der Waals surface area (Å²) in [6, 6.07) is 11.2. The Kier molecular flexibility index (Phi) is 4.76. The van der Waals surface area contributed by atoms with Gasteiger partial charge in [0.1, 0.15) is 0 Å². The molecule has 23 heavy (non-hydrogen) atoms. The van der Waals surface area contributed by atoms with Gasteiger partial charge in [-0.15, -0.1) is 0 Å².